The molecule has 106 valence electrons. The lowest BCUT2D eigenvalue weighted by Crippen LogP contribution is -1.89. The van der Waals surface area contributed by atoms with Crippen molar-refractivity contribution in [3.8, 4) is 22.5 Å². The Bertz CT molecular complexity index is 814. The summed E-state index contributed by atoms with van der Waals surface area (Å²) in [6.45, 7) is 0. The minimum atomic E-state index is 0.373. The van der Waals surface area contributed by atoms with Gasteiger partial charge in [-0.2, -0.15) is 0 Å². The van der Waals surface area contributed by atoms with Crippen molar-refractivity contribution in [2.45, 2.75) is 0 Å². The first-order chi connectivity index (χ1) is 10.1. The Labute approximate surface area is 146 Å². The van der Waals surface area contributed by atoms with Crippen LogP contribution in [0.5, 0.6) is 0 Å². The predicted octanol–water partition coefficient (Wildman–Crippen LogP) is 5.88. The topological polar surface area (TPSA) is 52.0 Å². The summed E-state index contributed by atoms with van der Waals surface area (Å²) in [7, 11) is 0. The van der Waals surface area contributed by atoms with E-state index in [1.165, 1.54) is 0 Å². The fourth-order valence-electron chi connectivity index (χ4n) is 2.08. The van der Waals surface area contributed by atoms with Crippen molar-refractivity contribution in [1.82, 2.24) is 5.16 Å². The van der Waals surface area contributed by atoms with Gasteiger partial charge in [0.2, 0.25) is 0 Å². The van der Waals surface area contributed by atoms with E-state index in [0.717, 1.165) is 30.1 Å². The number of aromatic nitrogens is 1. The molecular formula is C15H9Br3N2O. The molecule has 0 bridgehead atoms. The number of nitrogens with two attached hydrogens (primary N) is 1. The molecule has 2 N–H and O–H groups in total. The average molecular weight is 473 g/mol. The molecule has 0 saturated heterocycles. The van der Waals surface area contributed by atoms with Crippen molar-refractivity contribution >= 4 is 53.6 Å². The van der Waals surface area contributed by atoms with Crippen molar-refractivity contribution in [1.29, 1.82) is 0 Å². The van der Waals surface area contributed by atoms with E-state index in [2.05, 4.69) is 52.9 Å². The first-order valence-electron chi connectivity index (χ1n) is 6.03. The van der Waals surface area contributed by atoms with Gasteiger partial charge in [0.1, 0.15) is 0 Å². The van der Waals surface area contributed by atoms with Crippen LogP contribution in [0, 0.1) is 0 Å². The van der Waals surface area contributed by atoms with E-state index < -0.39 is 0 Å². The molecular weight excluding hydrogens is 464 g/mol. The van der Waals surface area contributed by atoms with Gasteiger partial charge in [-0.3, -0.25) is 0 Å². The van der Waals surface area contributed by atoms with E-state index in [-0.39, 0.29) is 0 Å². The second-order valence-electron chi connectivity index (χ2n) is 4.41. The van der Waals surface area contributed by atoms with E-state index >= 15 is 0 Å². The number of benzene rings is 2. The largest absolute Gasteiger partial charge is 0.380 e. The Morgan fingerprint density at radius 1 is 0.952 bits per heavy atom. The van der Waals surface area contributed by atoms with Crippen LogP contribution in [-0.2, 0) is 0 Å². The molecule has 2 aromatic carbocycles. The summed E-state index contributed by atoms with van der Waals surface area (Å²) in [5.41, 5.74) is 8.64. The molecule has 1 heterocycles. The van der Waals surface area contributed by atoms with E-state index in [1.807, 2.05) is 42.5 Å². The van der Waals surface area contributed by atoms with Crippen LogP contribution in [0.25, 0.3) is 22.5 Å². The second-order valence-corrected chi connectivity index (χ2v) is 7.09. The summed E-state index contributed by atoms with van der Waals surface area (Å²) >= 11 is 10.5. The summed E-state index contributed by atoms with van der Waals surface area (Å²) in [6.07, 6.45) is 0. The average Bonchev–Trinajstić information content (AvgIpc) is 2.80. The number of halogens is 3. The normalized spacial score (nSPS) is 10.8. The van der Waals surface area contributed by atoms with E-state index in [9.17, 15) is 0 Å². The minimum absolute atomic E-state index is 0.373. The number of anilines is 1. The predicted molar refractivity (Wildman–Crippen MR) is 94.9 cm³/mol. The smallest absolute Gasteiger partial charge is 0.178 e. The zero-order chi connectivity index (χ0) is 15.0. The molecule has 0 amide bonds. The highest BCUT2D eigenvalue weighted by Gasteiger charge is 2.19. The van der Waals surface area contributed by atoms with Gasteiger partial charge in [-0.05, 0) is 51.8 Å². The maximum absolute atomic E-state index is 6.00. The summed E-state index contributed by atoms with van der Waals surface area (Å²) < 4.78 is 8.32. The van der Waals surface area contributed by atoms with Crippen LogP contribution in [0.3, 0.4) is 0 Å². The SMILES string of the molecule is Nc1noc(-c2ccc(Br)cc2Br)c1-c1cccc(Br)c1. The Morgan fingerprint density at radius 3 is 2.43 bits per heavy atom. The Hall–Kier alpha value is -1.11. The Kier molecular flexibility index (Phi) is 4.19. The first kappa shape index (κ1) is 14.8. The number of nitrogens with zero attached hydrogens (tertiary/aromatic N) is 1. The highest BCUT2D eigenvalue weighted by molar-refractivity contribution is 9.11. The molecule has 0 aliphatic carbocycles. The molecule has 21 heavy (non-hydrogen) atoms. The van der Waals surface area contributed by atoms with Crippen molar-refractivity contribution in [2.24, 2.45) is 0 Å². The molecule has 0 spiro atoms. The van der Waals surface area contributed by atoms with Gasteiger partial charge in [0.05, 0.1) is 5.56 Å². The summed E-state index contributed by atoms with van der Waals surface area (Å²) in [4.78, 5) is 0. The maximum Gasteiger partial charge on any atom is 0.178 e. The van der Waals surface area contributed by atoms with Crippen molar-refractivity contribution in [3.05, 3.63) is 55.9 Å². The van der Waals surface area contributed by atoms with E-state index in [0.29, 0.717) is 11.6 Å². The van der Waals surface area contributed by atoms with Crippen LogP contribution < -0.4 is 5.73 Å². The molecule has 0 atom stereocenters. The molecule has 0 aliphatic rings. The molecule has 0 unspecified atom stereocenters. The van der Waals surface area contributed by atoms with Gasteiger partial charge in [0.15, 0.2) is 11.6 Å². The summed E-state index contributed by atoms with van der Waals surface area (Å²) in [5.74, 6) is 1.02. The van der Waals surface area contributed by atoms with Crippen LogP contribution >= 0.6 is 47.8 Å². The number of nitrogen functional groups attached to an aromatic ring is 1. The lowest BCUT2D eigenvalue weighted by atomic mass is 10.0. The molecule has 3 nitrogen and oxygen atoms in total. The third-order valence-electron chi connectivity index (χ3n) is 3.01. The van der Waals surface area contributed by atoms with Crippen LogP contribution in [0.2, 0.25) is 0 Å². The molecule has 0 radical (unpaired) electrons. The van der Waals surface area contributed by atoms with Gasteiger partial charge in [-0.1, -0.05) is 49.1 Å². The fourth-order valence-corrected chi connectivity index (χ4v) is 3.71. The zero-order valence-corrected chi connectivity index (χ0v) is 15.4. The molecule has 6 heteroatoms. The quantitative estimate of drug-likeness (QED) is 0.507. The van der Waals surface area contributed by atoms with Gasteiger partial charge in [0.25, 0.3) is 0 Å². The molecule has 1 aromatic heterocycles. The number of rotatable bonds is 2. The minimum Gasteiger partial charge on any atom is -0.380 e. The van der Waals surface area contributed by atoms with Gasteiger partial charge in [-0.15, -0.1) is 0 Å². The lowest BCUT2D eigenvalue weighted by molar-refractivity contribution is 0.436. The third kappa shape index (κ3) is 2.93. The lowest BCUT2D eigenvalue weighted by Gasteiger charge is -2.06. The fraction of sp³-hybridized carbons (Fsp3) is 0. The van der Waals surface area contributed by atoms with Crippen LogP contribution in [-0.4, -0.2) is 5.16 Å². The van der Waals surface area contributed by atoms with Crippen LogP contribution in [0.15, 0.2) is 60.4 Å². The molecule has 3 rings (SSSR count). The highest BCUT2D eigenvalue weighted by Crippen LogP contribution is 2.40. The highest BCUT2D eigenvalue weighted by atomic mass is 79.9. The summed E-state index contributed by atoms with van der Waals surface area (Å²) in [6, 6.07) is 13.7. The second kappa shape index (κ2) is 5.94. The Balaban J connectivity index is 2.22. The maximum atomic E-state index is 6.00. The zero-order valence-electron chi connectivity index (χ0n) is 10.6. The number of hydrogen-bond donors (Lipinski definition) is 1. The van der Waals surface area contributed by atoms with Crippen LogP contribution in [0.4, 0.5) is 5.82 Å². The molecule has 0 aliphatic heterocycles. The van der Waals surface area contributed by atoms with Crippen LogP contribution in [0.1, 0.15) is 0 Å². The van der Waals surface area contributed by atoms with Crippen molar-refractivity contribution in [2.75, 3.05) is 5.73 Å². The van der Waals surface area contributed by atoms with Gasteiger partial charge >= 0.3 is 0 Å². The third-order valence-corrected chi connectivity index (χ3v) is 4.65. The van der Waals surface area contributed by atoms with Gasteiger partial charge < -0.3 is 10.3 Å². The summed E-state index contributed by atoms with van der Waals surface area (Å²) in [5, 5.41) is 3.92. The van der Waals surface area contributed by atoms with Gasteiger partial charge in [0, 0.05) is 19.0 Å². The van der Waals surface area contributed by atoms with E-state index in [1.54, 1.807) is 0 Å². The molecule has 0 saturated carbocycles. The van der Waals surface area contributed by atoms with Gasteiger partial charge in [-0.25, -0.2) is 0 Å². The first-order valence-corrected chi connectivity index (χ1v) is 8.40. The molecule has 0 fully saturated rings. The Morgan fingerprint density at radius 2 is 1.71 bits per heavy atom. The standard InChI is InChI=1S/C15H9Br3N2O/c16-9-3-1-2-8(6-9)13-14(21-20-15(13)19)11-5-4-10(17)7-12(11)18/h1-7H,(H2,19,20). The van der Waals surface area contributed by atoms with Crippen molar-refractivity contribution in [3.63, 3.8) is 0 Å². The number of hydrogen-bond acceptors (Lipinski definition) is 3. The van der Waals surface area contributed by atoms with Crippen molar-refractivity contribution < 1.29 is 4.52 Å². The van der Waals surface area contributed by atoms with E-state index in [4.69, 9.17) is 10.3 Å². The monoisotopic (exact) mass is 470 g/mol. The molecule has 3 aromatic rings.